The van der Waals surface area contributed by atoms with Gasteiger partial charge in [-0.05, 0) is 106 Å². The number of furan rings is 2. The smallest absolute Gasteiger partial charge is 0.159 e. The summed E-state index contributed by atoms with van der Waals surface area (Å²) in [4.78, 5) is 4.80. The maximum Gasteiger partial charge on any atom is 0.159 e. The molecule has 0 saturated carbocycles. The zero-order valence-electron chi connectivity index (χ0n) is 37.7. The van der Waals surface area contributed by atoms with Gasteiger partial charge < -0.3 is 18.6 Å². The van der Waals surface area contributed by atoms with E-state index in [-0.39, 0.29) is 5.41 Å². The molecule has 0 bridgehead atoms. The van der Waals surface area contributed by atoms with Crippen molar-refractivity contribution in [3.8, 4) is 11.1 Å². The lowest BCUT2D eigenvalue weighted by molar-refractivity contribution is 0.563. The molecule has 10 aromatic carbocycles. The van der Waals surface area contributed by atoms with Gasteiger partial charge in [-0.3, -0.25) is 0 Å². The van der Waals surface area contributed by atoms with E-state index in [2.05, 4.69) is 242 Å². The molecule has 0 radical (unpaired) electrons. The standard InChI is InChI=1S/C64H44N2O2/c1-63(2)49-28-11-13-30-51(49)64(52-31-14-12-29-50(52)63)53-32-19-33-55(66(42-22-7-4-8-23-42)57-35-18-27-47-45-25-10-16-37-59(45)68-62(47)57)60(53)48-39-38-43(40-54(48)64)65(41-20-5-3-6-21-41)56-34-17-26-46-44-24-9-15-36-58(44)67-61(46)56/h3-40H,1-2H3. The van der Waals surface area contributed by atoms with Crippen LogP contribution < -0.4 is 9.80 Å². The fourth-order valence-corrected chi connectivity index (χ4v) is 12.1. The molecule has 2 heterocycles. The van der Waals surface area contributed by atoms with Crippen LogP contribution in [0.2, 0.25) is 0 Å². The highest BCUT2D eigenvalue weighted by atomic mass is 16.3. The van der Waals surface area contributed by atoms with E-state index in [1.165, 1.54) is 44.5 Å². The van der Waals surface area contributed by atoms with Gasteiger partial charge in [0.1, 0.15) is 11.2 Å². The summed E-state index contributed by atoms with van der Waals surface area (Å²) in [6.07, 6.45) is 0. The summed E-state index contributed by atoms with van der Waals surface area (Å²) in [5.74, 6) is 0. The first-order chi connectivity index (χ1) is 33.5. The van der Waals surface area contributed by atoms with E-state index in [0.29, 0.717) is 0 Å². The lowest BCUT2D eigenvalue weighted by atomic mass is 9.55. The minimum absolute atomic E-state index is 0.253. The number of nitrogens with zero attached hydrogens (tertiary/aromatic N) is 2. The Kier molecular flexibility index (Phi) is 8.21. The normalized spacial score (nSPS) is 14.0. The number of anilines is 6. The zero-order chi connectivity index (χ0) is 45.1. The van der Waals surface area contributed by atoms with Crippen LogP contribution in [0.3, 0.4) is 0 Å². The Labute approximate surface area is 394 Å². The minimum Gasteiger partial charge on any atom is -0.454 e. The predicted molar refractivity (Wildman–Crippen MR) is 280 cm³/mol. The van der Waals surface area contributed by atoms with Crippen LogP contribution in [-0.4, -0.2) is 0 Å². The van der Waals surface area contributed by atoms with Crippen molar-refractivity contribution in [3.05, 3.63) is 264 Å². The van der Waals surface area contributed by atoms with E-state index in [0.717, 1.165) is 78.0 Å². The highest BCUT2D eigenvalue weighted by molar-refractivity contribution is 6.12. The summed E-state index contributed by atoms with van der Waals surface area (Å²) >= 11 is 0. The molecule has 322 valence electrons. The second-order valence-electron chi connectivity index (χ2n) is 18.7. The van der Waals surface area contributed by atoms with Crippen molar-refractivity contribution in [3.63, 3.8) is 0 Å². The second kappa shape index (κ2) is 14.4. The Morgan fingerprint density at radius 3 is 1.35 bits per heavy atom. The highest BCUT2D eigenvalue weighted by Gasteiger charge is 2.54. The summed E-state index contributed by atoms with van der Waals surface area (Å²) in [7, 11) is 0. The molecule has 68 heavy (non-hydrogen) atoms. The fourth-order valence-electron chi connectivity index (χ4n) is 12.1. The first-order valence-electron chi connectivity index (χ1n) is 23.5. The number of para-hydroxylation sites is 6. The van der Waals surface area contributed by atoms with Crippen molar-refractivity contribution in [2.75, 3.05) is 9.80 Å². The van der Waals surface area contributed by atoms with Gasteiger partial charge in [0.15, 0.2) is 11.2 Å². The van der Waals surface area contributed by atoms with Gasteiger partial charge in [0.2, 0.25) is 0 Å². The summed E-state index contributed by atoms with van der Waals surface area (Å²) in [6, 6.07) is 83.7. The molecule has 2 aromatic heterocycles. The summed E-state index contributed by atoms with van der Waals surface area (Å²) in [6.45, 7) is 4.77. The highest BCUT2D eigenvalue weighted by Crippen LogP contribution is 2.65. The molecule has 0 atom stereocenters. The van der Waals surface area contributed by atoms with E-state index in [1.54, 1.807) is 0 Å². The quantitative estimate of drug-likeness (QED) is 0.167. The monoisotopic (exact) mass is 872 g/mol. The third-order valence-corrected chi connectivity index (χ3v) is 14.9. The Morgan fingerprint density at radius 2 is 0.765 bits per heavy atom. The average molecular weight is 873 g/mol. The molecule has 0 aliphatic heterocycles. The number of hydrogen-bond acceptors (Lipinski definition) is 4. The van der Waals surface area contributed by atoms with E-state index in [4.69, 9.17) is 8.83 Å². The number of benzene rings is 10. The lowest BCUT2D eigenvalue weighted by Gasteiger charge is -2.46. The van der Waals surface area contributed by atoms with Crippen LogP contribution in [0.15, 0.2) is 239 Å². The zero-order valence-corrected chi connectivity index (χ0v) is 37.7. The average Bonchev–Trinajstić information content (AvgIpc) is 4.06. The second-order valence-corrected chi connectivity index (χ2v) is 18.7. The summed E-state index contributed by atoms with van der Waals surface area (Å²) < 4.78 is 13.6. The van der Waals surface area contributed by atoms with Gasteiger partial charge in [-0.1, -0.05) is 178 Å². The first-order valence-corrected chi connectivity index (χ1v) is 23.5. The lowest BCUT2D eigenvalue weighted by Crippen LogP contribution is -2.40. The van der Waals surface area contributed by atoms with Crippen molar-refractivity contribution < 1.29 is 8.83 Å². The van der Waals surface area contributed by atoms with Gasteiger partial charge in [-0.25, -0.2) is 0 Å². The third kappa shape index (κ3) is 5.26. The maximum absolute atomic E-state index is 6.84. The topological polar surface area (TPSA) is 32.8 Å². The largest absolute Gasteiger partial charge is 0.454 e. The van der Waals surface area contributed by atoms with Crippen LogP contribution in [0, 0.1) is 0 Å². The van der Waals surface area contributed by atoms with Crippen LogP contribution in [-0.2, 0) is 10.8 Å². The number of hydrogen-bond donors (Lipinski definition) is 0. The molecule has 2 aliphatic carbocycles. The third-order valence-electron chi connectivity index (χ3n) is 14.9. The number of rotatable bonds is 6. The van der Waals surface area contributed by atoms with Gasteiger partial charge in [0.25, 0.3) is 0 Å². The van der Waals surface area contributed by atoms with E-state index in [1.807, 2.05) is 12.1 Å². The predicted octanol–water partition coefficient (Wildman–Crippen LogP) is 17.4. The Morgan fingerprint density at radius 1 is 0.324 bits per heavy atom. The molecule has 2 aliphatic rings. The molecule has 0 fully saturated rings. The molecular weight excluding hydrogens is 829 g/mol. The van der Waals surface area contributed by atoms with Gasteiger partial charge >= 0.3 is 0 Å². The summed E-state index contributed by atoms with van der Waals surface area (Å²) in [5.41, 5.74) is 18.8. The Hall–Kier alpha value is -8.60. The molecule has 4 heteroatoms. The SMILES string of the molecule is CC1(C)c2ccccc2C2(c3cc(N(c4ccccc4)c4cccc5c4oc4ccccc45)ccc3-c3c(N(c4ccccc4)c4cccc5c4oc4ccccc45)cccc32)c2ccccc21. The van der Waals surface area contributed by atoms with Gasteiger partial charge in [-0.2, -0.15) is 0 Å². The van der Waals surface area contributed by atoms with Gasteiger partial charge in [0, 0.05) is 49.6 Å². The van der Waals surface area contributed by atoms with E-state index in [9.17, 15) is 0 Å². The fraction of sp³-hybridized carbons (Fsp3) is 0.0625. The van der Waals surface area contributed by atoms with Crippen molar-refractivity contribution >= 4 is 78.0 Å². The van der Waals surface area contributed by atoms with Crippen molar-refractivity contribution in [1.29, 1.82) is 0 Å². The molecule has 0 amide bonds. The molecule has 12 aromatic rings. The minimum atomic E-state index is -0.680. The molecule has 0 unspecified atom stereocenters. The maximum atomic E-state index is 6.84. The Bertz CT molecular complexity index is 3920. The van der Waals surface area contributed by atoms with Crippen LogP contribution >= 0.6 is 0 Å². The van der Waals surface area contributed by atoms with Crippen molar-refractivity contribution in [2.45, 2.75) is 24.7 Å². The molecule has 14 rings (SSSR count). The molecule has 0 N–H and O–H groups in total. The van der Waals surface area contributed by atoms with Crippen molar-refractivity contribution in [1.82, 2.24) is 0 Å². The van der Waals surface area contributed by atoms with Crippen LogP contribution in [0.25, 0.3) is 55.0 Å². The van der Waals surface area contributed by atoms with Gasteiger partial charge in [0.05, 0.1) is 22.5 Å². The van der Waals surface area contributed by atoms with E-state index >= 15 is 0 Å². The van der Waals surface area contributed by atoms with Crippen LogP contribution in [0.5, 0.6) is 0 Å². The number of fused-ring (bicyclic) bond motifs is 15. The van der Waals surface area contributed by atoms with Crippen molar-refractivity contribution in [2.24, 2.45) is 0 Å². The molecule has 0 saturated heterocycles. The van der Waals surface area contributed by atoms with E-state index < -0.39 is 5.41 Å². The summed E-state index contributed by atoms with van der Waals surface area (Å²) in [5, 5.41) is 4.39. The first kappa shape index (κ1) is 38.6. The van der Waals surface area contributed by atoms with Crippen LogP contribution in [0.4, 0.5) is 34.1 Å². The van der Waals surface area contributed by atoms with Crippen LogP contribution in [0.1, 0.15) is 47.2 Å². The molecule has 4 nitrogen and oxygen atoms in total. The van der Waals surface area contributed by atoms with Gasteiger partial charge in [-0.15, -0.1) is 0 Å². The molecular formula is C64H44N2O2. The molecule has 1 spiro atoms. The Balaban J connectivity index is 1.10.